The third-order valence-electron chi connectivity index (χ3n) is 4.88. The molecule has 7 nitrogen and oxygen atoms in total. The lowest BCUT2D eigenvalue weighted by atomic mass is 10.2. The predicted octanol–water partition coefficient (Wildman–Crippen LogP) is 5.94. The van der Waals surface area contributed by atoms with Gasteiger partial charge in [-0.3, -0.25) is 4.79 Å². The molecule has 0 saturated carbocycles. The zero-order valence-corrected chi connectivity index (χ0v) is 19.0. The molecule has 0 atom stereocenters. The number of aryl methyl sites for hydroxylation is 1. The number of fused-ring (bicyclic) bond motifs is 1. The number of rotatable bonds is 6. The van der Waals surface area contributed by atoms with E-state index in [1.54, 1.807) is 62.4 Å². The summed E-state index contributed by atoms with van der Waals surface area (Å²) in [5.41, 5.74) is 0.434. The Balaban J connectivity index is 1.59. The van der Waals surface area contributed by atoms with Crippen molar-refractivity contribution in [2.24, 2.45) is 0 Å². The maximum Gasteiger partial charge on any atom is 0.345 e. The van der Waals surface area contributed by atoms with Crippen LogP contribution in [-0.2, 0) is 4.74 Å². The highest BCUT2D eigenvalue weighted by molar-refractivity contribution is 6.33. The van der Waals surface area contributed by atoms with Gasteiger partial charge in [0.05, 0.1) is 28.1 Å². The van der Waals surface area contributed by atoms with Crippen LogP contribution in [0.1, 0.15) is 33.4 Å². The summed E-state index contributed by atoms with van der Waals surface area (Å²) < 4.78 is 21.9. The molecule has 3 aromatic carbocycles. The van der Waals surface area contributed by atoms with Crippen LogP contribution in [-0.4, -0.2) is 18.5 Å². The smallest absolute Gasteiger partial charge is 0.345 e. The number of esters is 2. The standard InChI is InChI=1S/C26H19ClO7/c1-3-31-25(29)16-8-10-17(11-9-16)33-24-15(2)32-22-14-18(12-13-20(22)23(24)28)34-26(30)19-6-4-5-7-21(19)27/h4-14H,3H2,1-2H3. The number of hydrogen-bond donors (Lipinski definition) is 0. The van der Waals surface area contributed by atoms with Gasteiger partial charge in [0.1, 0.15) is 22.8 Å². The summed E-state index contributed by atoms with van der Waals surface area (Å²) in [7, 11) is 0. The molecule has 0 N–H and O–H groups in total. The van der Waals surface area contributed by atoms with Gasteiger partial charge in [0.2, 0.25) is 11.2 Å². The van der Waals surface area contributed by atoms with Crippen LogP contribution in [0.2, 0.25) is 5.02 Å². The largest absolute Gasteiger partial charge is 0.462 e. The lowest BCUT2D eigenvalue weighted by molar-refractivity contribution is 0.0526. The van der Waals surface area contributed by atoms with Crippen molar-refractivity contribution in [1.29, 1.82) is 0 Å². The Morgan fingerprint density at radius 2 is 1.65 bits per heavy atom. The van der Waals surface area contributed by atoms with Crippen LogP contribution in [0.3, 0.4) is 0 Å². The molecular weight excluding hydrogens is 460 g/mol. The predicted molar refractivity (Wildman–Crippen MR) is 126 cm³/mol. The Kier molecular flexibility index (Phi) is 6.65. The van der Waals surface area contributed by atoms with Gasteiger partial charge in [-0.1, -0.05) is 23.7 Å². The third kappa shape index (κ3) is 4.79. The second-order valence-electron chi connectivity index (χ2n) is 7.19. The first-order valence-corrected chi connectivity index (χ1v) is 10.7. The topological polar surface area (TPSA) is 92.0 Å². The average molecular weight is 479 g/mol. The van der Waals surface area contributed by atoms with E-state index in [1.807, 2.05) is 0 Å². The highest BCUT2D eigenvalue weighted by atomic mass is 35.5. The van der Waals surface area contributed by atoms with Gasteiger partial charge in [-0.25, -0.2) is 9.59 Å². The van der Waals surface area contributed by atoms with Crippen LogP contribution in [0.15, 0.2) is 75.9 Å². The Hall–Kier alpha value is -4.10. The Bertz CT molecular complexity index is 1440. The minimum atomic E-state index is -0.629. The summed E-state index contributed by atoms with van der Waals surface area (Å²) in [5, 5.41) is 0.522. The maximum absolute atomic E-state index is 13.0. The average Bonchev–Trinajstić information content (AvgIpc) is 2.82. The highest BCUT2D eigenvalue weighted by Crippen LogP contribution is 2.28. The molecule has 172 valence electrons. The number of hydrogen-bond acceptors (Lipinski definition) is 7. The van der Waals surface area contributed by atoms with Gasteiger partial charge in [-0.05, 0) is 62.4 Å². The monoisotopic (exact) mass is 478 g/mol. The maximum atomic E-state index is 13.0. The first-order valence-electron chi connectivity index (χ1n) is 10.4. The summed E-state index contributed by atoms with van der Waals surface area (Å²) in [6, 6.07) is 17.2. The summed E-state index contributed by atoms with van der Waals surface area (Å²) in [6.07, 6.45) is 0. The van der Waals surface area contributed by atoms with Crippen LogP contribution in [0.5, 0.6) is 17.2 Å². The molecule has 8 heteroatoms. The molecule has 0 fully saturated rings. The van der Waals surface area contributed by atoms with E-state index in [0.717, 1.165) is 0 Å². The van der Waals surface area contributed by atoms with E-state index in [4.69, 9.17) is 30.2 Å². The van der Waals surface area contributed by atoms with Gasteiger partial charge in [0.15, 0.2) is 0 Å². The van der Waals surface area contributed by atoms with Crippen molar-refractivity contribution < 1.29 is 28.2 Å². The first-order chi connectivity index (χ1) is 16.4. The fourth-order valence-electron chi connectivity index (χ4n) is 3.23. The molecule has 0 aliphatic rings. The summed E-state index contributed by atoms with van der Waals surface area (Å²) in [5.74, 6) is -0.272. The van der Waals surface area contributed by atoms with Crippen molar-refractivity contribution in [1.82, 2.24) is 0 Å². The quantitative estimate of drug-likeness (QED) is 0.250. The van der Waals surface area contributed by atoms with Gasteiger partial charge in [0, 0.05) is 6.07 Å². The third-order valence-corrected chi connectivity index (χ3v) is 5.21. The molecule has 34 heavy (non-hydrogen) atoms. The minimum Gasteiger partial charge on any atom is -0.462 e. The van der Waals surface area contributed by atoms with Crippen molar-refractivity contribution in [2.45, 2.75) is 13.8 Å². The fraction of sp³-hybridized carbons (Fsp3) is 0.115. The molecule has 4 rings (SSSR count). The van der Waals surface area contributed by atoms with Gasteiger partial charge in [-0.2, -0.15) is 0 Å². The van der Waals surface area contributed by atoms with Crippen LogP contribution in [0, 0.1) is 6.92 Å². The van der Waals surface area contributed by atoms with Crippen LogP contribution in [0.4, 0.5) is 0 Å². The van der Waals surface area contributed by atoms with Crippen molar-refractivity contribution in [3.63, 3.8) is 0 Å². The van der Waals surface area contributed by atoms with Crippen LogP contribution >= 0.6 is 11.6 Å². The molecule has 0 unspecified atom stereocenters. The molecule has 1 heterocycles. The Morgan fingerprint density at radius 3 is 2.35 bits per heavy atom. The van der Waals surface area contributed by atoms with Crippen LogP contribution < -0.4 is 14.9 Å². The van der Waals surface area contributed by atoms with E-state index in [0.29, 0.717) is 11.3 Å². The van der Waals surface area contributed by atoms with Gasteiger partial charge < -0.3 is 18.6 Å². The lowest BCUT2D eigenvalue weighted by Gasteiger charge is -2.10. The number of ether oxygens (including phenoxy) is 3. The van der Waals surface area contributed by atoms with Gasteiger partial charge >= 0.3 is 11.9 Å². The number of carbonyl (C=O) groups is 2. The molecule has 0 spiro atoms. The minimum absolute atomic E-state index is 0.0113. The number of carbonyl (C=O) groups excluding carboxylic acids is 2. The second kappa shape index (κ2) is 9.80. The summed E-state index contributed by atoms with van der Waals surface area (Å²) in [4.78, 5) is 37.2. The van der Waals surface area contributed by atoms with E-state index in [-0.39, 0.29) is 45.4 Å². The molecule has 0 aliphatic heterocycles. The summed E-state index contributed by atoms with van der Waals surface area (Å²) in [6.45, 7) is 3.59. The molecule has 0 radical (unpaired) electrons. The van der Waals surface area contributed by atoms with Gasteiger partial charge in [-0.15, -0.1) is 0 Å². The second-order valence-corrected chi connectivity index (χ2v) is 7.60. The van der Waals surface area contributed by atoms with E-state index in [2.05, 4.69) is 0 Å². The van der Waals surface area contributed by atoms with Gasteiger partial charge in [0.25, 0.3) is 0 Å². The van der Waals surface area contributed by atoms with E-state index in [9.17, 15) is 14.4 Å². The molecule has 1 aromatic heterocycles. The Morgan fingerprint density at radius 1 is 0.941 bits per heavy atom. The molecule has 0 aliphatic carbocycles. The lowest BCUT2D eigenvalue weighted by Crippen LogP contribution is -2.10. The Labute approximate surface area is 199 Å². The van der Waals surface area contributed by atoms with Crippen molar-refractivity contribution >= 4 is 34.5 Å². The molecule has 4 aromatic rings. The zero-order chi connectivity index (χ0) is 24.2. The molecule has 0 amide bonds. The molecule has 0 bridgehead atoms. The van der Waals surface area contributed by atoms with Crippen molar-refractivity contribution in [3.8, 4) is 17.2 Å². The first kappa shape index (κ1) is 23.1. The zero-order valence-electron chi connectivity index (χ0n) is 18.3. The normalized spacial score (nSPS) is 10.7. The molecular formula is C26H19ClO7. The van der Waals surface area contributed by atoms with E-state index in [1.165, 1.54) is 18.2 Å². The number of halogens is 1. The fourth-order valence-corrected chi connectivity index (χ4v) is 3.44. The van der Waals surface area contributed by atoms with E-state index >= 15 is 0 Å². The van der Waals surface area contributed by atoms with Crippen molar-refractivity contribution in [3.05, 3.63) is 98.9 Å². The van der Waals surface area contributed by atoms with Crippen LogP contribution in [0.25, 0.3) is 11.0 Å². The number of benzene rings is 3. The SMILES string of the molecule is CCOC(=O)c1ccc(Oc2c(C)oc3cc(OC(=O)c4ccccc4Cl)ccc3c2=O)cc1. The molecule has 0 saturated heterocycles. The van der Waals surface area contributed by atoms with E-state index < -0.39 is 17.4 Å². The van der Waals surface area contributed by atoms with Crippen molar-refractivity contribution in [2.75, 3.05) is 6.61 Å². The highest BCUT2D eigenvalue weighted by Gasteiger charge is 2.17. The summed E-state index contributed by atoms with van der Waals surface area (Å²) >= 11 is 6.05.